The number of fused-ring (bicyclic) bond motifs is 1. The largest absolute Gasteiger partial charge is 0.289 e. The Bertz CT molecular complexity index is 1210. The predicted octanol–water partition coefficient (Wildman–Crippen LogP) is 5.69. The molecule has 10 heteroatoms. The highest BCUT2D eigenvalue weighted by Crippen LogP contribution is 2.33. The van der Waals surface area contributed by atoms with Crippen molar-refractivity contribution in [3.8, 4) is 0 Å². The number of aromatic nitrogens is 1. The molecule has 35 heavy (non-hydrogen) atoms. The number of carbonyl (C=O) groups excluding carboxylic acids is 1. The summed E-state index contributed by atoms with van der Waals surface area (Å²) in [4.78, 5) is 17.4. The maximum absolute atomic E-state index is 13.9. The highest BCUT2D eigenvalue weighted by molar-refractivity contribution is 8.01. The SMILES string of the molecule is CCCCCSc1nc2ccc(S(=O)(=O)N(Cc3ccccc3)[C@H](CC(C)C)C(=O)NO)cc2s1. The minimum atomic E-state index is -4.07. The lowest BCUT2D eigenvalue weighted by Gasteiger charge is -2.30. The molecule has 0 fully saturated rings. The second kappa shape index (κ2) is 12.8. The van der Waals surface area contributed by atoms with Gasteiger partial charge in [0, 0.05) is 12.3 Å². The Morgan fingerprint density at radius 1 is 1.17 bits per heavy atom. The lowest BCUT2D eigenvalue weighted by Crippen LogP contribution is -2.49. The van der Waals surface area contributed by atoms with Gasteiger partial charge in [-0.1, -0.05) is 75.7 Å². The van der Waals surface area contributed by atoms with E-state index in [9.17, 15) is 18.4 Å². The average Bonchev–Trinajstić information content (AvgIpc) is 3.26. The fourth-order valence-electron chi connectivity index (χ4n) is 3.76. The molecule has 1 heterocycles. The van der Waals surface area contributed by atoms with Crippen molar-refractivity contribution in [3.63, 3.8) is 0 Å². The van der Waals surface area contributed by atoms with Crippen LogP contribution < -0.4 is 5.48 Å². The number of thioether (sulfide) groups is 1. The van der Waals surface area contributed by atoms with Crippen LogP contribution in [0.1, 0.15) is 52.0 Å². The highest BCUT2D eigenvalue weighted by atomic mass is 32.2. The van der Waals surface area contributed by atoms with Gasteiger partial charge in [-0.2, -0.15) is 4.31 Å². The first-order valence-corrected chi connectivity index (χ1v) is 15.0. The third-order valence-corrected chi connectivity index (χ3v) is 9.65. The van der Waals surface area contributed by atoms with E-state index in [0.717, 1.165) is 38.7 Å². The zero-order valence-corrected chi connectivity index (χ0v) is 22.8. The van der Waals surface area contributed by atoms with Crippen molar-refractivity contribution >= 4 is 49.2 Å². The molecule has 1 atom stereocenters. The lowest BCUT2D eigenvalue weighted by atomic mass is 10.0. The number of nitrogens with one attached hydrogen (secondary N) is 1. The maximum Gasteiger partial charge on any atom is 0.261 e. The van der Waals surface area contributed by atoms with Gasteiger partial charge in [0.05, 0.1) is 15.1 Å². The summed E-state index contributed by atoms with van der Waals surface area (Å²) >= 11 is 3.17. The molecule has 2 N–H and O–H groups in total. The van der Waals surface area contributed by atoms with Gasteiger partial charge >= 0.3 is 0 Å². The van der Waals surface area contributed by atoms with Crippen LogP contribution in [0.2, 0.25) is 0 Å². The molecule has 0 aliphatic heterocycles. The van der Waals surface area contributed by atoms with E-state index in [0.29, 0.717) is 0 Å². The average molecular weight is 536 g/mol. The van der Waals surface area contributed by atoms with Crippen molar-refractivity contribution in [3.05, 3.63) is 54.1 Å². The Morgan fingerprint density at radius 2 is 1.91 bits per heavy atom. The Morgan fingerprint density at radius 3 is 2.57 bits per heavy atom. The number of thiazole rings is 1. The Labute approximate surface area is 216 Å². The molecule has 0 unspecified atom stereocenters. The fraction of sp³-hybridized carbons (Fsp3) is 0.440. The standard InChI is InChI=1S/C25H33N3O4S3/c1-4-5-9-14-33-25-26-21-13-12-20(16-23(21)34-25)35(31,32)28(17-19-10-7-6-8-11-19)22(15-18(2)3)24(29)27-30/h6-8,10-13,16,18,22,30H,4-5,9,14-15,17H2,1-3H3,(H,27,29)/t22-/m1/s1. The number of sulfonamides is 1. The van der Waals surface area contributed by atoms with Crippen LogP contribution in [0, 0.1) is 5.92 Å². The van der Waals surface area contributed by atoms with Gasteiger partial charge in [-0.3, -0.25) is 10.0 Å². The van der Waals surface area contributed by atoms with E-state index in [2.05, 4.69) is 11.9 Å². The molecule has 2 aromatic carbocycles. The van der Waals surface area contributed by atoms with Crippen LogP contribution in [0.3, 0.4) is 0 Å². The monoisotopic (exact) mass is 535 g/mol. The number of amides is 1. The first-order chi connectivity index (χ1) is 16.8. The van der Waals surface area contributed by atoms with Crippen LogP contribution in [0.5, 0.6) is 0 Å². The Balaban J connectivity index is 1.98. The van der Waals surface area contributed by atoms with Gasteiger partial charge in [0.2, 0.25) is 10.0 Å². The van der Waals surface area contributed by atoms with E-state index in [-0.39, 0.29) is 23.8 Å². The van der Waals surface area contributed by atoms with E-state index >= 15 is 0 Å². The number of nitrogens with zero attached hydrogens (tertiary/aromatic N) is 2. The van der Waals surface area contributed by atoms with Gasteiger partial charge in [-0.15, -0.1) is 11.3 Å². The molecule has 1 aromatic heterocycles. The van der Waals surface area contributed by atoms with Crippen LogP contribution in [0.25, 0.3) is 10.2 Å². The molecule has 0 bridgehead atoms. The summed E-state index contributed by atoms with van der Waals surface area (Å²) in [5.74, 6) is 0.265. The number of hydroxylamine groups is 1. The van der Waals surface area contributed by atoms with Crippen LogP contribution in [-0.4, -0.2) is 40.6 Å². The Kier molecular flexibility index (Phi) is 10.1. The van der Waals surface area contributed by atoms with Crippen LogP contribution >= 0.6 is 23.1 Å². The van der Waals surface area contributed by atoms with Crippen molar-refractivity contribution in [2.45, 2.75) is 68.3 Å². The van der Waals surface area contributed by atoms with Gasteiger partial charge in [0.25, 0.3) is 5.91 Å². The smallest absolute Gasteiger partial charge is 0.261 e. The first-order valence-electron chi connectivity index (χ1n) is 11.8. The molecule has 0 spiro atoms. The first kappa shape index (κ1) is 27.6. The van der Waals surface area contributed by atoms with Crippen LogP contribution in [-0.2, 0) is 21.4 Å². The number of unbranched alkanes of at least 4 members (excludes halogenated alkanes) is 2. The summed E-state index contributed by atoms with van der Waals surface area (Å²) in [5, 5.41) is 9.39. The van der Waals surface area contributed by atoms with E-state index in [4.69, 9.17) is 0 Å². The van der Waals surface area contributed by atoms with Crippen LogP contribution in [0.15, 0.2) is 57.8 Å². The molecule has 0 aliphatic rings. The highest BCUT2D eigenvalue weighted by Gasteiger charge is 2.36. The van der Waals surface area contributed by atoms with Gasteiger partial charge in [0.1, 0.15) is 6.04 Å². The second-order valence-corrected chi connectivity index (χ2v) is 13.1. The van der Waals surface area contributed by atoms with Gasteiger partial charge in [0.15, 0.2) is 4.34 Å². The molecular formula is C25H33N3O4S3. The van der Waals surface area contributed by atoms with E-state index in [1.807, 2.05) is 44.2 Å². The number of hydrogen-bond donors (Lipinski definition) is 2. The number of benzene rings is 2. The normalized spacial score (nSPS) is 13.0. The zero-order chi connectivity index (χ0) is 25.4. The molecule has 1 amide bonds. The summed E-state index contributed by atoms with van der Waals surface area (Å²) in [7, 11) is -4.07. The van der Waals surface area contributed by atoms with Crippen molar-refractivity contribution in [2.24, 2.45) is 5.92 Å². The van der Waals surface area contributed by atoms with Gasteiger partial charge in [-0.25, -0.2) is 18.9 Å². The van der Waals surface area contributed by atoms with Gasteiger partial charge < -0.3 is 0 Å². The predicted molar refractivity (Wildman–Crippen MR) is 142 cm³/mol. The molecule has 3 aromatic rings. The maximum atomic E-state index is 13.9. The number of carbonyl (C=O) groups is 1. The van der Waals surface area contributed by atoms with Crippen molar-refractivity contribution in [1.29, 1.82) is 0 Å². The van der Waals surface area contributed by atoms with Crippen molar-refractivity contribution in [1.82, 2.24) is 14.8 Å². The quantitative estimate of drug-likeness (QED) is 0.126. The molecule has 0 radical (unpaired) electrons. The number of hydrogen-bond acceptors (Lipinski definition) is 7. The third kappa shape index (κ3) is 7.27. The molecular weight excluding hydrogens is 502 g/mol. The number of rotatable bonds is 13. The van der Waals surface area contributed by atoms with E-state index in [1.165, 1.54) is 22.1 Å². The summed E-state index contributed by atoms with van der Waals surface area (Å²) in [6, 6.07) is 13.0. The molecule has 0 saturated heterocycles. The Hall–Kier alpha value is -1.98. The van der Waals surface area contributed by atoms with E-state index < -0.39 is 22.0 Å². The van der Waals surface area contributed by atoms with Gasteiger partial charge in [-0.05, 0) is 42.5 Å². The lowest BCUT2D eigenvalue weighted by molar-refractivity contribution is -0.133. The fourth-order valence-corrected chi connectivity index (χ4v) is 7.62. The minimum Gasteiger partial charge on any atom is -0.289 e. The van der Waals surface area contributed by atoms with E-state index in [1.54, 1.807) is 35.4 Å². The summed E-state index contributed by atoms with van der Waals surface area (Å²) in [6.07, 6.45) is 3.72. The van der Waals surface area contributed by atoms with Crippen LogP contribution in [0.4, 0.5) is 0 Å². The molecule has 190 valence electrons. The molecule has 0 aliphatic carbocycles. The molecule has 0 saturated carbocycles. The topological polar surface area (TPSA) is 99.6 Å². The van der Waals surface area contributed by atoms with Crippen molar-refractivity contribution < 1.29 is 18.4 Å². The summed E-state index contributed by atoms with van der Waals surface area (Å²) < 4.78 is 30.7. The minimum absolute atomic E-state index is 0.00718. The zero-order valence-electron chi connectivity index (χ0n) is 20.3. The summed E-state index contributed by atoms with van der Waals surface area (Å²) in [5.41, 5.74) is 3.17. The van der Waals surface area contributed by atoms with Crippen molar-refractivity contribution in [2.75, 3.05) is 5.75 Å². The third-order valence-electron chi connectivity index (χ3n) is 5.56. The molecule has 3 rings (SSSR count). The molecule has 7 nitrogen and oxygen atoms in total. The summed E-state index contributed by atoms with van der Waals surface area (Å²) in [6.45, 7) is 6.00. The second-order valence-electron chi connectivity index (χ2n) is 8.82.